The fourth-order valence-corrected chi connectivity index (χ4v) is 4.42. The molecule has 3 unspecified atom stereocenters. The molecule has 3 saturated heterocycles. The van der Waals surface area contributed by atoms with Crippen LogP contribution < -0.4 is 0 Å². The van der Waals surface area contributed by atoms with Crippen LogP contribution in [0.1, 0.15) is 32.6 Å². The lowest BCUT2D eigenvalue weighted by Gasteiger charge is -2.42. The van der Waals surface area contributed by atoms with Crippen LogP contribution in [0.4, 0.5) is 0 Å². The van der Waals surface area contributed by atoms with E-state index in [1.807, 2.05) is 18.9 Å². The van der Waals surface area contributed by atoms with Gasteiger partial charge >= 0.3 is 0 Å². The van der Waals surface area contributed by atoms with Gasteiger partial charge in [0.2, 0.25) is 0 Å². The molecule has 3 aliphatic heterocycles. The molecule has 3 nitrogen and oxygen atoms in total. The maximum atomic E-state index is 6.01. The molecule has 3 atom stereocenters. The van der Waals surface area contributed by atoms with Crippen molar-refractivity contribution in [2.24, 2.45) is 0 Å². The van der Waals surface area contributed by atoms with E-state index in [1.165, 1.54) is 12.8 Å². The zero-order valence-electron chi connectivity index (χ0n) is 9.44. The molecule has 0 aromatic heterocycles. The molecule has 0 radical (unpaired) electrons. The van der Waals surface area contributed by atoms with Gasteiger partial charge in [0, 0.05) is 12.1 Å². The van der Waals surface area contributed by atoms with Gasteiger partial charge in [-0.25, -0.2) is 4.31 Å². The van der Waals surface area contributed by atoms with Gasteiger partial charge in [-0.2, -0.15) is 0 Å². The van der Waals surface area contributed by atoms with Gasteiger partial charge in [-0.05, 0) is 38.9 Å². The molecule has 3 rings (SSSR count). The minimum absolute atomic E-state index is 0.00484. The molecular weight excluding hydrogens is 210 g/mol. The van der Waals surface area contributed by atoms with E-state index in [1.54, 1.807) is 0 Å². The number of ether oxygens (including phenoxy) is 2. The van der Waals surface area contributed by atoms with Gasteiger partial charge < -0.3 is 9.47 Å². The third-order valence-corrected chi connectivity index (χ3v) is 4.99. The largest absolute Gasteiger partial charge is 0.350 e. The van der Waals surface area contributed by atoms with Crippen LogP contribution in [-0.4, -0.2) is 41.1 Å². The average Bonchev–Trinajstić information content (AvgIpc) is 2.67. The van der Waals surface area contributed by atoms with E-state index in [2.05, 4.69) is 10.6 Å². The SMILES string of the molecule is CSN1C2CCC1CC1(COC(C)O1)C2. The van der Waals surface area contributed by atoms with E-state index in [4.69, 9.17) is 9.47 Å². The van der Waals surface area contributed by atoms with Crippen molar-refractivity contribution in [3.8, 4) is 0 Å². The lowest BCUT2D eigenvalue weighted by molar-refractivity contribution is -0.0988. The summed E-state index contributed by atoms with van der Waals surface area (Å²) in [6.07, 6.45) is 7.20. The first-order valence-electron chi connectivity index (χ1n) is 5.84. The van der Waals surface area contributed by atoms with E-state index in [-0.39, 0.29) is 11.9 Å². The predicted molar refractivity (Wildman–Crippen MR) is 60.6 cm³/mol. The Kier molecular flexibility index (Phi) is 2.51. The highest BCUT2D eigenvalue weighted by molar-refractivity contribution is 7.96. The molecule has 0 aromatic carbocycles. The summed E-state index contributed by atoms with van der Waals surface area (Å²) in [6.45, 7) is 2.82. The fourth-order valence-electron chi connectivity index (χ4n) is 3.47. The lowest BCUT2D eigenvalue weighted by atomic mass is 9.88. The Bertz CT molecular complexity index is 247. The second-order valence-corrected chi connectivity index (χ2v) is 5.80. The highest BCUT2D eigenvalue weighted by atomic mass is 32.2. The van der Waals surface area contributed by atoms with Crippen LogP contribution in [0.3, 0.4) is 0 Å². The third kappa shape index (κ3) is 1.62. The van der Waals surface area contributed by atoms with Gasteiger partial charge in [0.05, 0.1) is 12.2 Å². The summed E-state index contributed by atoms with van der Waals surface area (Å²) in [6, 6.07) is 1.43. The lowest BCUT2D eigenvalue weighted by Crippen LogP contribution is -2.49. The van der Waals surface area contributed by atoms with Crippen LogP contribution in [0, 0.1) is 0 Å². The maximum absolute atomic E-state index is 6.01. The molecule has 1 spiro atoms. The second-order valence-electron chi connectivity index (χ2n) is 5.02. The smallest absolute Gasteiger partial charge is 0.155 e. The number of hydrogen-bond acceptors (Lipinski definition) is 4. The van der Waals surface area contributed by atoms with Gasteiger partial charge in [0.1, 0.15) is 0 Å². The van der Waals surface area contributed by atoms with Crippen LogP contribution in [0.25, 0.3) is 0 Å². The van der Waals surface area contributed by atoms with Crippen LogP contribution >= 0.6 is 11.9 Å². The number of rotatable bonds is 1. The number of nitrogens with zero attached hydrogens (tertiary/aromatic N) is 1. The molecule has 0 N–H and O–H groups in total. The summed E-state index contributed by atoms with van der Waals surface area (Å²) < 4.78 is 14.2. The summed E-state index contributed by atoms with van der Waals surface area (Å²) in [4.78, 5) is 0. The summed E-state index contributed by atoms with van der Waals surface area (Å²) >= 11 is 1.90. The van der Waals surface area contributed by atoms with Crippen LogP contribution in [0.2, 0.25) is 0 Å². The molecule has 3 aliphatic rings. The quantitative estimate of drug-likeness (QED) is 0.641. The molecule has 86 valence electrons. The molecule has 0 aliphatic carbocycles. The monoisotopic (exact) mass is 229 g/mol. The fraction of sp³-hybridized carbons (Fsp3) is 1.00. The first-order chi connectivity index (χ1) is 7.22. The highest BCUT2D eigenvalue weighted by Gasteiger charge is 2.52. The van der Waals surface area contributed by atoms with Gasteiger partial charge in [-0.1, -0.05) is 11.9 Å². The van der Waals surface area contributed by atoms with Crippen molar-refractivity contribution in [2.45, 2.75) is 56.6 Å². The molecule has 0 aromatic rings. The van der Waals surface area contributed by atoms with E-state index in [0.29, 0.717) is 12.1 Å². The molecule has 3 heterocycles. The molecule has 2 bridgehead atoms. The number of fused-ring (bicyclic) bond motifs is 2. The molecular formula is C11H19NO2S. The standard InChI is InChI=1S/C11H19NO2S/c1-8-13-7-11(14-8)5-9-3-4-10(6-11)12(9)15-2/h8-10H,3-7H2,1-2H3. The van der Waals surface area contributed by atoms with Crippen molar-refractivity contribution in [1.29, 1.82) is 0 Å². The zero-order valence-corrected chi connectivity index (χ0v) is 10.3. The normalized spacial score (nSPS) is 50.4. The molecule has 0 amide bonds. The van der Waals surface area contributed by atoms with Crippen molar-refractivity contribution >= 4 is 11.9 Å². The minimum atomic E-state index is 0.00484. The summed E-state index contributed by atoms with van der Waals surface area (Å²) in [7, 11) is 0. The van der Waals surface area contributed by atoms with E-state index in [0.717, 1.165) is 19.4 Å². The Morgan fingerprint density at radius 1 is 1.27 bits per heavy atom. The van der Waals surface area contributed by atoms with Crippen molar-refractivity contribution in [3.05, 3.63) is 0 Å². The average molecular weight is 229 g/mol. The highest BCUT2D eigenvalue weighted by Crippen LogP contribution is 2.47. The van der Waals surface area contributed by atoms with E-state index in [9.17, 15) is 0 Å². The first kappa shape index (κ1) is 10.4. The van der Waals surface area contributed by atoms with Crippen molar-refractivity contribution in [3.63, 3.8) is 0 Å². The topological polar surface area (TPSA) is 21.7 Å². The van der Waals surface area contributed by atoms with Crippen LogP contribution in [-0.2, 0) is 9.47 Å². The molecule has 4 heteroatoms. The maximum Gasteiger partial charge on any atom is 0.155 e. The van der Waals surface area contributed by atoms with Crippen molar-refractivity contribution in [1.82, 2.24) is 4.31 Å². The van der Waals surface area contributed by atoms with Gasteiger partial charge in [0.25, 0.3) is 0 Å². The van der Waals surface area contributed by atoms with Crippen molar-refractivity contribution < 1.29 is 9.47 Å². The third-order valence-electron chi connectivity index (χ3n) is 3.98. The molecule has 3 fully saturated rings. The van der Waals surface area contributed by atoms with E-state index < -0.39 is 0 Å². The summed E-state index contributed by atoms with van der Waals surface area (Å²) in [5.74, 6) is 0. The first-order valence-corrected chi connectivity index (χ1v) is 7.02. The molecule has 15 heavy (non-hydrogen) atoms. The Hall–Kier alpha value is 0.230. The Labute approximate surface area is 95.6 Å². The molecule has 0 saturated carbocycles. The second kappa shape index (κ2) is 3.62. The Morgan fingerprint density at radius 3 is 2.40 bits per heavy atom. The van der Waals surface area contributed by atoms with Crippen LogP contribution in [0.5, 0.6) is 0 Å². The summed E-state index contributed by atoms with van der Waals surface area (Å²) in [5, 5.41) is 0. The Morgan fingerprint density at radius 2 is 1.93 bits per heavy atom. The Balaban J connectivity index is 1.77. The van der Waals surface area contributed by atoms with Crippen LogP contribution in [0.15, 0.2) is 0 Å². The zero-order chi connectivity index (χ0) is 10.5. The van der Waals surface area contributed by atoms with Gasteiger partial charge in [-0.15, -0.1) is 0 Å². The summed E-state index contributed by atoms with van der Waals surface area (Å²) in [5.41, 5.74) is 0.0531. The number of piperidine rings is 1. The van der Waals surface area contributed by atoms with Gasteiger partial charge in [-0.3, -0.25) is 0 Å². The van der Waals surface area contributed by atoms with Crippen molar-refractivity contribution in [2.75, 3.05) is 12.9 Å². The van der Waals surface area contributed by atoms with Gasteiger partial charge in [0.15, 0.2) is 6.29 Å². The predicted octanol–water partition coefficient (Wildman–Crippen LogP) is 2.02. The van der Waals surface area contributed by atoms with E-state index >= 15 is 0 Å². The minimum Gasteiger partial charge on any atom is -0.350 e. The number of hydrogen-bond donors (Lipinski definition) is 0.